The Morgan fingerprint density at radius 1 is 1.22 bits per heavy atom. The molecule has 10 heteroatoms. The number of non-ortho nitro benzene ring substituents is 1. The van der Waals surface area contributed by atoms with Gasteiger partial charge in [0.15, 0.2) is 0 Å². The van der Waals surface area contributed by atoms with E-state index in [1.54, 1.807) is 0 Å². The number of benzene rings is 2. The minimum Gasteiger partial charge on any atom is -0.380 e. The highest BCUT2D eigenvalue weighted by Gasteiger charge is 2.17. The summed E-state index contributed by atoms with van der Waals surface area (Å²) < 4.78 is 23.1. The fourth-order valence-electron chi connectivity index (χ4n) is 2.43. The van der Waals surface area contributed by atoms with Gasteiger partial charge in [-0.3, -0.25) is 10.1 Å². The summed E-state index contributed by atoms with van der Waals surface area (Å²) in [5.74, 6) is 0. The van der Waals surface area contributed by atoms with Crippen LogP contribution >= 0.6 is 11.3 Å². The molecule has 0 amide bonds. The standard InChI is InChI=1S/C17H16N4O4S2/c1-11-16(26-17(20-11)12-5-3-2-4-6-12)10-19-13-7-14(21(22)23)9-15(8-13)27(18,24)25/h2-9,19H,10H2,1H3,(H2,18,24,25). The molecular weight excluding hydrogens is 388 g/mol. The molecule has 3 N–H and O–H groups in total. The zero-order valence-electron chi connectivity index (χ0n) is 14.2. The third-order valence-corrected chi connectivity index (χ3v) is 5.90. The first-order valence-electron chi connectivity index (χ1n) is 7.82. The first-order chi connectivity index (χ1) is 12.7. The average Bonchev–Trinajstić information content (AvgIpc) is 3.00. The van der Waals surface area contributed by atoms with Crippen LogP contribution in [0.3, 0.4) is 0 Å². The lowest BCUT2D eigenvalue weighted by Crippen LogP contribution is -2.13. The lowest BCUT2D eigenvalue weighted by Gasteiger charge is -2.07. The highest BCUT2D eigenvalue weighted by molar-refractivity contribution is 7.89. The first kappa shape index (κ1) is 19.0. The monoisotopic (exact) mass is 404 g/mol. The Hall–Kier alpha value is -2.82. The van der Waals surface area contributed by atoms with Gasteiger partial charge in [-0.05, 0) is 13.0 Å². The van der Waals surface area contributed by atoms with Crippen LogP contribution in [-0.2, 0) is 16.6 Å². The summed E-state index contributed by atoms with van der Waals surface area (Å²) in [6.45, 7) is 2.23. The van der Waals surface area contributed by atoms with Gasteiger partial charge in [0.25, 0.3) is 5.69 Å². The first-order valence-corrected chi connectivity index (χ1v) is 10.2. The number of primary sulfonamides is 1. The number of hydrogen-bond acceptors (Lipinski definition) is 7. The minimum absolute atomic E-state index is 0.294. The van der Waals surface area contributed by atoms with E-state index in [9.17, 15) is 18.5 Å². The van der Waals surface area contributed by atoms with Gasteiger partial charge in [0, 0.05) is 28.3 Å². The summed E-state index contributed by atoms with van der Waals surface area (Å²) >= 11 is 1.50. The van der Waals surface area contributed by atoms with Crippen molar-refractivity contribution in [2.45, 2.75) is 18.4 Å². The van der Waals surface area contributed by atoms with Crippen LogP contribution in [0, 0.1) is 17.0 Å². The van der Waals surface area contributed by atoms with E-state index in [0.29, 0.717) is 12.2 Å². The third-order valence-electron chi connectivity index (χ3n) is 3.80. The predicted molar refractivity (Wildman–Crippen MR) is 104 cm³/mol. The molecule has 1 heterocycles. The molecule has 0 saturated heterocycles. The molecule has 3 rings (SSSR count). The quantitative estimate of drug-likeness (QED) is 0.479. The van der Waals surface area contributed by atoms with Gasteiger partial charge in [0.05, 0.1) is 22.1 Å². The Morgan fingerprint density at radius 2 is 1.93 bits per heavy atom. The number of nitrogens with one attached hydrogen (secondary N) is 1. The van der Waals surface area contributed by atoms with Gasteiger partial charge < -0.3 is 5.32 Å². The van der Waals surface area contributed by atoms with Crippen LogP contribution in [0.5, 0.6) is 0 Å². The van der Waals surface area contributed by atoms with E-state index in [2.05, 4.69) is 10.3 Å². The Bertz CT molecular complexity index is 1100. The number of sulfonamides is 1. The second-order valence-electron chi connectivity index (χ2n) is 5.76. The molecule has 140 valence electrons. The van der Waals surface area contributed by atoms with Crippen molar-refractivity contribution in [1.82, 2.24) is 4.98 Å². The van der Waals surface area contributed by atoms with Crippen molar-refractivity contribution in [3.05, 3.63) is 69.2 Å². The molecule has 0 aliphatic carbocycles. The summed E-state index contributed by atoms with van der Waals surface area (Å²) in [7, 11) is -4.06. The molecule has 0 unspecified atom stereocenters. The maximum atomic E-state index is 11.6. The van der Waals surface area contributed by atoms with E-state index >= 15 is 0 Å². The van der Waals surface area contributed by atoms with Crippen molar-refractivity contribution in [1.29, 1.82) is 0 Å². The van der Waals surface area contributed by atoms with Crippen molar-refractivity contribution in [3.63, 3.8) is 0 Å². The summed E-state index contributed by atoms with van der Waals surface area (Å²) in [5, 5.41) is 20.1. The van der Waals surface area contributed by atoms with Crippen LogP contribution in [0.4, 0.5) is 11.4 Å². The summed E-state index contributed by atoms with van der Waals surface area (Å²) in [5.41, 5.74) is 1.78. The molecule has 0 aliphatic heterocycles. The third kappa shape index (κ3) is 4.48. The smallest absolute Gasteiger partial charge is 0.272 e. The lowest BCUT2D eigenvalue weighted by atomic mass is 10.2. The maximum absolute atomic E-state index is 11.6. The topological polar surface area (TPSA) is 128 Å². The van der Waals surface area contributed by atoms with Crippen molar-refractivity contribution < 1.29 is 13.3 Å². The molecule has 8 nitrogen and oxygen atoms in total. The number of aromatic nitrogens is 1. The molecular formula is C17H16N4O4S2. The van der Waals surface area contributed by atoms with Crippen molar-refractivity contribution >= 4 is 32.7 Å². The molecule has 0 spiro atoms. The van der Waals surface area contributed by atoms with E-state index in [-0.39, 0.29) is 10.6 Å². The largest absolute Gasteiger partial charge is 0.380 e. The molecule has 0 aliphatic rings. The summed E-state index contributed by atoms with van der Waals surface area (Å²) in [6, 6.07) is 13.2. The number of hydrogen-bond donors (Lipinski definition) is 2. The van der Waals surface area contributed by atoms with Crippen LogP contribution in [0.15, 0.2) is 53.4 Å². The molecule has 1 aromatic heterocycles. The van der Waals surface area contributed by atoms with Crippen LogP contribution in [-0.4, -0.2) is 18.3 Å². The maximum Gasteiger partial charge on any atom is 0.272 e. The lowest BCUT2D eigenvalue weighted by molar-refractivity contribution is -0.385. The van der Waals surface area contributed by atoms with Crippen LogP contribution < -0.4 is 10.5 Å². The second-order valence-corrected chi connectivity index (χ2v) is 8.41. The number of nitrogens with two attached hydrogens (primary N) is 1. The van der Waals surface area contributed by atoms with E-state index in [0.717, 1.165) is 27.2 Å². The number of nitro benzene ring substituents is 1. The van der Waals surface area contributed by atoms with Gasteiger partial charge in [-0.1, -0.05) is 30.3 Å². The number of nitrogens with zero attached hydrogens (tertiary/aromatic N) is 2. The highest BCUT2D eigenvalue weighted by Crippen LogP contribution is 2.29. The molecule has 0 bridgehead atoms. The molecule has 0 saturated carbocycles. The van der Waals surface area contributed by atoms with Gasteiger partial charge >= 0.3 is 0 Å². The average molecular weight is 404 g/mol. The molecule has 27 heavy (non-hydrogen) atoms. The van der Waals surface area contributed by atoms with E-state index in [1.165, 1.54) is 23.5 Å². The van der Waals surface area contributed by atoms with Crippen LogP contribution in [0.1, 0.15) is 10.6 Å². The number of anilines is 1. The van der Waals surface area contributed by atoms with Gasteiger partial charge in [-0.2, -0.15) is 0 Å². The SMILES string of the molecule is Cc1nc(-c2ccccc2)sc1CNc1cc([N+](=O)[O-])cc(S(N)(=O)=O)c1. The Labute approximate surface area is 159 Å². The normalized spacial score (nSPS) is 11.3. The summed E-state index contributed by atoms with van der Waals surface area (Å²) in [6.07, 6.45) is 0. The Morgan fingerprint density at radius 3 is 2.56 bits per heavy atom. The number of aryl methyl sites for hydroxylation is 1. The van der Waals surface area contributed by atoms with Crippen LogP contribution in [0.2, 0.25) is 0 Å². The predicted octanol–water partition coefficient (Wildman–Crippen LogP) is 3.29. The molecule has 3 aromatic rings. The fraction of sp³-hybridized carbons (Fsp3) is 0.118. The zero-order valence-corrected chi connectivity index (χ0v) is 15.9. The molecule has 0 atom stereocenters. The van der Waals surface area contributed by atoms with Gasteiger partial charge in [0.1, 0.15) is 5.01 Å². The fourth-order valence-corrected chi connectivity index (χ4v) is 4.02. The molecule has 2 aromatic carbocycles. The van der Waals surface area contributed by atoms with Gasteiger partial charge in [-0.25, -0.2) is 18.5 Å². The Balaban J connectivity index is 1.86. The second kappa shape index (κ2) is 7.43. The minimum atomic E-state index is -4.06. The zero-order chi connectivity index (χ0) is 19.6. The Kier molecular flexibility index (Phi) is 5.22. The van der Waals surface area contributed by atoms with Crippen LogP contribution in [0.25, 0.3) is 10.6 Å². The summed E-state index contributed by atoms with van der Waals surface area (Å²) in [4.78, 5) is 15.6. The van der Waals surface area contributed by atoms with Crippen molar-refractivity contribution in [3.8, 4) is 10.6 Å². The van der Waals surface area contributed by atoms with E-state index in [4.69, 9.17) is 5.14 Å². The molecule has 0 radical (unpaired) electrons. The highest BCUT2D eigenvalue weighted by atomic mass is 32.2. The van der Waals surface area contributed by atoms with E-state index in [1.807, 2.05) is 37.3 Å². The molecule has 0 fully saturated rings. The van der Waals surface area contributed by atoms with Gasteiger partial charge in [-0.15, -0.1) is 11.3 Å². The van der Waals surface area contributed by atoms with Crippen molar-refractivity contribution in [2.24, 2.45) is 5.14 Å². The van der Waals surface area contributed by atoms with Gasteiger partial charge in [0.2, 0.25) is 10.0 Å². The number of nitro groups is 1. The van der Waals surface area contributed by atoms with E-state index < -0.39 is 14.9 Å². The number of rotatable bonds is 6. The van der Waals surface area contributed by atoms with Crippen molar-refractivity contribution in [2.75, 3.05) is 5.32 Å². The number of thiazole rings is 1.